The molecule has 0 aliphatic carbocycles. The molecule has 2 saturated heterocycles. The Kier molecular flexibility index (Phi) is 5.25. The zero-order valence-electron chi connectivity index (χ0n) is 15.8. The fraction of sp³-hybridized carbons (Fsp3) is 0.500. The van der Waals surface area contributed by atoms with Crippen molar-refractivity contribution in [3.8, 4) is 0 Å². The molecule has 2 N–H and O–H groups in total. The Bertz CT molecular complexity index is 782. The predicted molar refractivity (Wildman–Crippen MR) is 113 cm³/mol. The first-order valence-corrected chi connectivity index (χ1v) is 10.1. The van der Waals surface area contributed by atoms with Crippen molar-refractivity contribution in [1.29, 1.82) is 0 Å². The number of piperazine rings is 1. The Hall–Kier alpha value is -2.21. The van der Waals surface area contributed by atoms with Crippen molar-refractivity contribution in [2.45, 2.75) is 19.8 Å². The number of nitrogens with zero attached hydrogens (tertiary/aromatic N) is 5. The number of nitrogen functional groups attached to an aromatic ring is 1. The summed E-state index contributed by atoms with van der Waals surface area (Å²) in [6, 6.07) is 8.03. The maximum absolute atomic E-state index is 6.51. The van der Waals surface area contributed by atoms with Gasteiger partial charge in [0.15, 0.2) is 11.6 Å². The molecule has 144 valence electrons. The SMILES string of the molecule is CC1CCN(c2ncnc(N3CCN(c4cccc(Cl)c4)CC3)c2N)CC1. The summed E-state index contributed by atoms with van der Waals surface area (Å²) in [6.07, 6.45) is 4.04. The van der Waals surface area contributed by atoms with E-state index in [4.69, 9.17) is 17.3 Å². The summed E-state index contributed by atoms with van der Waals surface area (Å²) in [5.74, 6) is 2.54. The van der Waals surface area contributed by atoms with Gasteiger partial charge in [0.2, 0.25) is 0 Å². The van der Waals surface area contributed by atoms with Crippen molar-refractivity contribution in [3.63, 3.8) is 0 Å². The van der Waals surface area contributed by atoms with E-state index in [-0.39, 0.29) is 0 Å². The summed E-state index contributed by atoms with van der Waals surface area (Å²) >= 11 is 6.13. The van der Waals surface area contributed by atoms with E-state index in [1.165, 1.54) is 18.5 Å². The van der Waals surface area contributed by atoms with E-state index in [9.17, 15) is 0 Å². The molecule has 2 aliphatic heterocycles. The lowest BCUT2D eigenvalue weighted by Gasteiger charge is -2.38. The third-order valence-electron chi connectivity index (χ3n) is 5.68. The highest BCUT2D eigenvalue weighted by molar-refractivity contribution is 6.30. The predicted octanol–water partition coefficient (Wildman–Crippen LogP) is 3.28. The van der Waals surface area contributed by atoms with Gasteiger partial charge >= 0.3 is 0 Å². The topological polar surface area (TPSA) is 61.5 Å². The van der Waals surface area contributed by atoms with Crippen molar-refractivity contribution in [1.82, 2.24) is 9.97 Å². The number of benzene rings is 1. The van der Waals surface area contributed by atoms with Crippen LogP contribution in [0, 0.1) is 5.92 Å². The fourth-order valence-corrected chi connectivity index (χ4v) is 4.14. The van der Waals surface area contributed by atoms with E-state index in [0.29, 0.717) is 5.69 Å². The van der Waals surface area contributed by atoms with Crippen molar-refractivity contribution >= 4 is 34.6 Å². The third kappa shape index (κ3) is 3.90. The second-order valence-corrected chi connectivity index (χ2v) is 7.99. The maximum Gasteiger partial charge on any atom is 0.157 e. The Morgan fingerprint density at radius 3 is 2.15 bits per heavy atom. The second kappa shape index (κ2) is 7.80. The van der Waals surface area contributed by atoms with Gasteiger partial charge in [-0.2, -0.15) is 0 Å². The van der Waals surface area contributed by atoms with Gasteiger partial charge in [-0.1, -0.05) is 24.6 Å². The number of piperidine rings is 1. The first-order chi connectivity index (χ1) is 13.1. The lowest BCUT2D eigenvalue weighted by molar-refractivity contribution is 0.437. The number of hydrogen-bond donors (Lipinski definition) is 1. The minimum Gasteiger partial charge on any atom is -0.393 e. The summed E-state index contributed by atoms with van der Waals surface area (Å²) in [4.78, 5) is 15.9. The van der Waals surface area contributed by atoms with E-state index in [2.05, 4.69) is 37.7 Å². The van der Waals surface area contributed by atoms with E-state index in [1.54, 1.807) is 6.33 Å². The van der Waals surface area contributed by atoms with Crippen LogP contribution in [-0.2, 0) is 0 Å². The molecule has 0 saturated carbocycles. The Morgan fingerprint density at radius 1 is 0.926 bits per heavy atom. The minimum atomic E-state index is 0.711. The van der Waals surface area contributed by atoms with Crippen LogP contribution in [0.4, 0.5) is 23.0 Å². The van der Waals surface area contributed by atoms with Crippen LogP contribution >= 0.6 is 11.6 Å². The number of rotatable bonds is 3. The molecule has 4 rings (SSSR count). The molecule has 2 fully saturated rings. The zero-order valence-corrected chi connectivity index (χ0v) is 16.6. The van der Waals surface area contributed by atoms with Gasteiger partial charge in [-0.3, -0.25) is 0 Å². The van der Waals surface area contributed by atoms with Crippen molar-refractivity contribution in [3.05, 3.63) is 35.6 Å². The number of halogens is 1. The molecule has 0 amide bonds. The van der Waals surface area contributed by atoms with Crippen LogP contribution in [-0.4, -0.2) is 49.2 Å². The van der Waals surface area contributed by atoms with Crippen LogP contribution < -0.4 is 20.4 Å². The summed E-state index contributed by atoms with van der Waals surface area (Å²) < 4.78 is 0. The average molecular weight is 387 g/mol. The molecule has 0 unspecified atom stereocenters. The standard InChI is InChI=1S/C20H27ClN6/c1-15-5-7-26(8-6-15)19-18(22)20(24-14-23-19)27-11-9-25(10-12-27)17-4-2-3-16(21)13-17/h2-4,13-15H,5-12,22H2,1H3. The molecule has 1 aromatic heterocycles. The molecule has 0 radical (unpaired) electrons. The molecule has 3 heterocycles. The van der Waals surface area contributed by atoms with E-state index in [1.807, 2.05) is 18.2 Å². The third-order valence-corrected chi connectivity index (χ3v) is 5.91. The quantitative estimate of drug-likeness (QED) is 0.873. The Labute approximate surface area is 165 Å². The van der Waals surface area contributed by atoms with Crippen molar-refractivity contribution < 1.29 is 0 Å². The van der Waals surface area contributed by atoms with Gasteiger partial charge in [-0.05, 0) is 37.0 Å². The minimum absolute atomic E-state index is 0.711. The van der Waals surface area contributed by atoms with Gasteiger partial charge in [-0.25, -0.2) is 9.97 Å². The monoisotopic (exact) mass is 386 g/mol. The van der Waals surface area contributed by atoms with Crippen LogP contribution in [0.2, 0.25) is 5.02 Å². The van der Waals surface area contributed by atoms with Crippen LogP contribution in [0.3, 0.4) is 0 Å². The van der Waals surface area contributed by atoms with Gasteiger partial charge in [0.1, 0.15) is 12.0 Å². The fourth-order valence-electron chi connectivity index (χ4n) is 3.95. The van der Waals surface area contributed by atoms with Crippen LogP contribution in [0.5, 0.6) is 0 Å². The molecule has 2 aromatic rings. The van der Waals surface area contributed by atoms with Gasteiger partial charge in [0.05, 0.1) is 0 Å². The Morgan fingerprint density at radius 2 is 1.52 bits per heavy atom. The maximum atomic E-state index is 6.51. The largest absolute Gasteiger partial charge is 0.393 e. The number of aromatic nitrogens is 2. The van der Waals surface area contributed by atoms with E-state index in [0.717, 1.165) is 61.8 Å². The lowest BCUT2D eigenvalue weighted by atomic mass is 9.99. The summed E-state index contributed by atoms with van der Waals surface area (Å²) in [7, 11) is 0. The van der Waals surface area contributed by atoms with Crippen LogP contribution in [0.15, 0.2) is 30.6 Å². The van der Waals surface area contributed by atoms with Crippen LogP contribution in [0.1, 0.15) is 19.8 Å². The van der Waals surface area contributed by atoms with Gasteiger partial charge in [0, 0.05) is 50.0 Å². The highest BCUT2D eigenvalue weighted by Gasteiger charge is 2.24. The van der Waals surface area contributed by atoms with Gasteiger partial charge < -0.3 is 20.4 Å². The average Bonchev–Trinajstić information content (AvgIpc) is 2.69. The van der Waals surface area contributed by atoms with Gasteiger partial charge in [-0.15, -0.1) is 0 Å². The molecule has 0 spiro atoms. The molecule has 2 aliphatic rings. The lowest BCUT2D eigenvalue weighted by Crippen LogP contribution is -2.47. The molecular formula is C20H27ClN6. The van der Waals surface area contributed by atoms with Crippen LogP contribution in [0.25, 0.3) is 0 Å². The summed E-state index contributed by atoms with van der Waals surface area (Å²) in [5.41, 5.74) is 8.38. The normalized spacial score (nSPS) is 18.8. The molecule has 27 heavy (non-hydrogen) atoms. The molecule has 0 atom stereocenters. The molecule has 0 bridgehead atoms. The van der Waals surface area contributed by atoms with Gasteiger partial charge in [0.25, 0.3) is 0 Å². The highest BCUT2D eigenvalue weighted by Crippen LogP contribution is 2.32. The second-order valence-electron chi connectivity index (χ2n) is 7.56. The smallest absolute Gasteiger partial charge is 0.157 e. The zero-order chi connectivity index (χ0) is 18.8. The number of hydrogen-bond acceptors (Lipinski definition) is 6. The summed E-state index contributed by atoms with van der Waals surface area (Å²) in [6.45, 7) is 7.94. The summed E-state index contributed by atoms with van der Waals surface area (Å²) in [5, 5.41) is 0.774. The number of anilines is 4. The molecule has 1 aromatic carbocycles. The van der Waals surface area contributed by atoms with E-state index < -0.39 is 0 Å². The Balaban J connectivity index is 1.46. The van der Waals surface area contributed by atoms with E-state index >= 15 is 0 Å². The van der Waals surface area contributed by atoms with Crippen molar-refractivity contribution in [2.24, 2.45) is 5.92 Å². The van der Waals surface area contributed by atoms with Crippen molar-refractivity contribution in [2.75, 3.05) is 59.7 Å². The molecular weight excluding hydrogens is 360 g/mol. The first-order valence-electron chi connectivity index (χ1n) is 9.72. The number of nitrogens with two attached hydrogens (primary N) is 1. The molecule has 7 heteroatoms. The first kappa shape index (κ1) is 18.2. The molecule has 6 nitrogen and oxygen atoms in total. The highest BCUT2D eigenvalue weighted by atomic mass is 35.5.